The number of anilines is 1. The first-order valence-electron chi connectivity index (χ1n) is 6.61. The van der Waals surface area contributed by atoms with Crippen LogP contribution in [0.4, 0.5) is 5.69 Å². The van der Waals surface area contributed by atoms with Gasteiger partial charge in [-0.05, 0) is 37.1 Å². The van der Waals surface area contributed by atoms with Crippen LogP contribution in [0, 0.1) is 0 Å². The number of hydrogen-bond donors (Lipinski definition) is 0. The van der Waals surface area contributed by atoms with E-state index < -0.39 is 0 Å². The zero-order valence-corrected chi connectivity index (χ0v) is 12.8. The van der Waals surface area contributed by atoms with E-state index in [1.54, 1.807) is 0 Å². The molecule has 0 N–H and O–H groups in total. The molecule has 0 radical (unpaired) electrons. The summed E-state index contributed by atoms with van der Waals surface area (Å²) in [5.74, 6) is 0. The van der Waals surface area contributed by atoms with Crippen molar-refractivity contribution >= 4 is 33.2 Å². The average Bonchev–Trinajstić information content (AvgIpc) is 2.85. The molecule has 1 aromatic rings. The maximum Gasteiger partial charge on any atom is 0.0642 e. The Kier molecular flexibility index (Phi) is 3.83. The van der Waals surface area contributed by atoms with Crippen molar-refractivity contribution in [3.05, 3.63) is 28.8 Å². The summed E-state index contributed by atoms with van der Waals surface area (Å²) in [6.45, 7) is 4.70. The van der Waals surface area contributed by atoms with Gasteiger partial charge in [-0.2, -0.15) is 0 Å². The lowest BCUT2D eigenvalue weighted by molar-refractivity contribution is 0.231. The van der Waals surface area contributed by atoms with E-state index in [-0.39, 0.29) is 0 Å². The van der Waals surface area contributed by atoms with Crippen molar-refractivity contribution in [1.29, 1.82) is 0 Å². The third-order valence-electron chi connectivity index (χ3n) is 4.09. The van der Waals surface area contributed by atoms with Crippen LogP contribution in [0.15, 0.2) is 18.2 Å². The fraction of sp³-hybridized carbons (Fsp3) is 0.571. The van der Waals surface area contributed by atoms with Gasteiger partial charge in [-0.15, -0.1) is 0 Å². The minimum Gasteiger partial charge on any atom is -0.367 e. The van der Waals surface area contributed by atoms with Gasteiger partial charge in [0.15, 0.2) is 0 Å². The molecule has 1 atom stereocenters. The first kappa shape index (κ1) is 12.8. The monoisotopic (exact) mass is 328 g/mol. The lowest BCUT2D eigenvalue weighted by Gasteiger charge is -2.39. The Hall–Kier alpha value is -0.250. The Labute approximate surface area is 122 Å². The fourth-order valence-corrected chi connectivity index (χ4v) is 3.77. The van der Waals surface area contributed by atoms with Crippen molar-refractivity contribution in [1.82, 2.24) is 4.90 Å². The minimum atomic E-state index is 0.741. The van der Waals surface area contributed by atoms with Crippen LogP contribution in [0.25, 0.3) is 0 Å². The van der Waals surface area contributed by atoms with Crippen molar-refractivity contribution in [2.75, 3.05) is 31.1 Å². The van der Waals surface area contributed by atoms with E-state index in [0.29, 0.717) is 0 Å². The topological polar surface area (TPSA) is 6.48 Å². The van der Waals surface area contributed by atoms with E-state index in [1.807, 2.05) is 0 Å². The molecular formula is C14H18BrClN2. The van der Waals surface area contributed by atoms with Crippen LogP contribution < -0.4 is 4.90 Å². The molecule has 2 heterocycles. The normalized spacial score (nSPS) is 24.3. The van der Waals surface area contributed by atoms with Crippen LogP contribution in [0.1, 0.15) is 18.4 Å². The third-order valence-corrected chi connectivity index (χ3v) is 5.04. The predicted molar refractivity (Wildman–Crippen MR) is 80.9 cm³/mol. The van der Waals surface area contributed by atoms with Crippen molar-refractivity contribution in [2.24, 2.45) is 0 Å². The standard InChI is InChI=1S/C14H18BrClN2/c15-9-11-3-4-14(13(16)8-11)18-7-6-17-5-1-2-12(17)10-18/h3-4,8,12H,1-2,5-7,9-10H2. The Balaban J connectivity index is 1.78. The van der Waals surface area contributed by atoms with Gasteiger partial charge in [-0.25, -0.2) is 0 Å². The van der Waals surface area contributed by atoms with Gasteiger partial charge in [0.1, 0.15) is 0 Å². The second-order valence-corrected chi connectivity index (χ2v) is 6.17. The second kappa shape index (κ2) is 5.40. The van der Waals surface area contributed by atoms with Gasteiger partial charge < -0.3 is 4.90 Å². The maximum atomic E-state index is 6.41. The minimum absolute atomic E-state index is 0.741. The molecule has 4 heteroatoms. The molecule has 0 aromatic heterocycles. The predicted octanol–water partition coefficient (Wildman–Crippen LogP) is 3.52. The summed E-state index contributed by atoms with van der Waals surface area (Å²) >= 11 is 9.88. The van der Waals surface area contributed by atoms with Gasteiger partial charge in [-0.1, -0.05) is 33.6 Å². The largest absolute Gasteiger partial charge is 0.367 e. The van der Waals surface area contributed by atoms with Gasteiger partial charge in [0, 0.05) is 31.0 Å². The van der Waals surface area contributed by atoms with E-state index >= 15 is 0 Å². The molecule has 2 aliphatic rings. The molecule has 0 spiro atoms. The summed E-state index contributed by atoms with van der Waals surface area (Å²) < 4.78 is 0. The van der Waals surface area contributed by atoms with E-state index in [2.05, 4.69) is 43.9 Å². The molecule has 3 rings (SSSR count). The van der Waals surface area contributed by atoms with Crippen LogP contribution >= 0.6 is 27.5 Å². The van der Waals surface area contributed by atoms with Gasteiger partial charge >= 0.3 is 0 Å². The number of alkyl halides is 1. The number of benzene rings is 1. The Bertz CT molecular complexity index is 438. The zero-order chi connectivity index (χ0) is 12.5. The Morgan fingerprint density at radius 2 is 2.17 bits per heavy atom. The summed E-state index contributed by atoms with van der Waals surface area (Å²) in [4.78, 5) is 5.07. The first-order chi connectivity index (χ1) is 8.78. The molecule has 2 saturated heterocycles. The summed E-state index contributed by atoms with van der Waals surface area (Å²) in [7, 11) is 0. The summed E-state index contributed by atoms with van der Waals surface area (Å²) in [5.41, 5.74) is 2.44. The van der Waals surface area contributed by atoms with Gasteiger partial charge in [0.25, 0.3) is 0 Å². The van der Waals surface area contributed by atoms with Gasteiger partial charge in [-0.3, -0.25) is 4.90 Å². The highest BCUT2D eigenvalue weighted by molar-refractivity contribution is 9.08. The van der Waals surface area contributed by atoms with Crippen LogP contribution in [0.3, 0.4) is 0 Å². The van der Waals surface area contributed by atoms with Crippen molar-refractivity contribution in [3.8, 4) is 0 Å². The Morgan fingerprint density at radius 1 is 1.28 bits per heavy atom. The van der Waals surface area contributed by atoms with Gasteiger partial charge in [0.2, 0.25) is 0 Å². The molecule has 98 valence electrons. The lowest BCUT2D eigenvalue weighted by atomic mass is 10.1. The number of halogens is 2. The van der Waals surface area contributed by atoms with Crippen molar-refractivity contribution in [3.63, 3.8) is 0 Å². The quantitative estimate of drug-likeness (QED) is 0.766. The van der Waals surface area contributed by atoms with Crippen LogP contribution in [-0.2, 0) is 5.33 Å². The molecule has 1 unspecified atom stereocenters. The average molecular weight is 330 g/mol. The molecule has 0 aliphatic carbocycles. The molecule has 2 nitrogen and oxygen atoms in total. The molecule has 0 amide bonds. The molecule has 1 aromatic carbocycles. The molecular weight excluding hydrogens is 312 g/mol. The number of fused-ring (bicyclic) bond motifs is 1. The maximum absolute atomic E-state index is 6.41. The number of nitrogens with zero attached hydrogens (tertiary/aromatic N) is 2. The van der Waals surface area contributed by atoms with Crippen molar-refractivity contribution in [2.45, 2.75) is 24.2 Å². The highest BCUT2D eigenvalue weighted by atomic mass is 79.9. The number of rotatable bonds is 2. The Morgan fingerprint density at radius 3 is 2.94 bits per heavy atom. The summed E-state index contributed by atoms with van der Waals surface area (Å²) in [6, 6.07) is 7.15. The molecule has 0 saturated carbocycles. The zero-order valence-electron chi connectivity index (χ0n) is 10.4. The van der Waals surface area contributed by atoms with Crippen LogP contribution in [0.5, 0.6) is 0 Å². The van der Waals surface area contributed by atoms with Crippen molar-refractivity contribution < 1.29 is 0 Å². The van der Waals surface area contributed by atoms with E-state index in [1.165, 1.54) is 37.2 Å². The third kappa shape index (κ3) is 2.40. The summed E-state index contributed by atoms with van der Waals surface area (Å²) in [6.07, 6.45) is 2.70. The molecule has 2 aliphatic heterocycles. The first-order valence-corrected chi connectivity index (χ1v) is 8.11. The smallest absolute Gasteiger partial charge is 0.0642 e. The second-order valence-electron chi connectivity index (χ2n) is 5.20. The number of hydrogen-bond acceptors (Lipinski definition) is 2. The van der Waals surface area contributed by atoms with Crippen LogP contribution in [-0.4, -0.2) is 37.1 Å². The highest BCUT2D eigenvalue weighted by Gasteiger charge is 2.31. The molecule has 2 fully saturated rings. The van der Waals surface area contributed by atoms with E-state index in [0.717, 1.165) is 29.5 Å². The van der Waals surface area contributed by atoms with Gasteiger partial charge in [0.05, 0.1) is 10.7 Å². The number of piperazine rings is 1. The van der Waals surface area contributed by atoms with Crippen LogP contribution in [0.2, 0.25) is 5.02 Å². The fourth-order valence-electron chi connectivity index (χ4n) is 3.10. The van der Waals surface area contributed by atoms with E-state index in [9.17, 15) is 0 Å². The molecule has 0 bridgehead atoms. The summed E-state index contributed by atoms with van der Waals surface area (Å²) in [5, 5.41) is 1.75. The highest BCUT2D eigenvalue weighted by Crippen LogP contribution is 2.31. The van der Waals surface area contributed by atoms with E-state index in [4.69, 9.17) is 11.6 Å². The SMILES string of the molecule is Clc1cc(CBr)ccc1N1CCN2CCCC2C1. The lowest BCUT2D eigenvalue weighted by Crippen LogP contribution is -2.50. The molecule has 18 heavy (non-hydrogen) atoms.